The minimum atomic E-state index is 0.199. The number of aryl methyl sites for hydroxylation is 1. The van der Waals surface area contributed by atoms with Crippen LogP contribution in [0.4, 0.5) is 0 Å². The average Bonchev–Trinajstić information content (AvgIpc) is 2.65. The quantitative estimate of drug-likeness (QED) is 0.854. The number of rotatable bonds is 3. The molecule has 0 aliphatic heterocycles. The first-order chi connectivity index (χ1) is 8.11. The van der Waals surface area contributed by atoms with Crippen LogP contribution in [0.2, 0.25) is 5.02 Å². The lowest BCUT2D eigenvalue weighted by Gasteiger charge is -2.17. The lowest BCUT2D eigenvalue weighted by Crippen LogP contribution is -2.17. The molecule has 2 rings (SSSR count). The maximum atomic E-state index is 6.10. The molecule has 0 amide bonds. The van der Waals surface area contributed by atoms with Gasteiger partial charge in [-0.15, -0.1) is 11.3 Å². The molecule has 0 saturated carbocycles. The fourth-order valence-electron chi connectivity index (χ4n) is 1.87. The largest absolute Gasteiger partial charge is 0.309 e. The van der Waals surface area contributed by atoms with Gasteiger partial charge in [-0.3, -0.25) is 0 Å². The summed E-state index contributed by atoms with van der Waals surface area (Å²) in [6.07, 6.45) is 0. The van der Waals surface area contributed by atoms with Crippen molar-refractivity contribution in [3.8, 4) is 0 Å². The molecule has 90 valence electrons. The highest BCUT2D eigenvalue weighted by molar-refractivity contribution is 9.10. The van der Waals surface area contributed by atoms with E-state index in [1.54, 1.807) is 11.3 Å². The Morgan fingerprint density at radius 1 is 1.35 bits per heavy atom. The van der Waals surface area contributed by atoms with Crippen LogP contribution < -0.4 is 5.32 Å². The highest BCUT2D eigenvalue weighted by atomic mass is 79.9. The van der Waals surface area contributed by atoms with Crippen LogP contribution in [-0.2, 0) is 0 Å². The smallest absolute Gasteiger partial charge is 0.0672 e. The fraction of sp³-hybridized carbons (Fsp3) is 0.231. The second kappa shape index (κ2) is 5.53. The highest BCUT2D eigenvalue weighted by Gasteiger charge is 2.16. The van der Waals surface area contributed by atoms with Crippen molar-refractivity contribution in [1.82, 2.24) is 5.32 Å². The summed E-state index contributed by atoms with van der Waals surface area (Å²) < 4.78 is 1.01. The predicted molar refractivity (Wildman–Crippen MR) is 79.1 cm³/mol. The fourth-order valence-corrected chi connectivity index (χ4v) is 3.82. The van der Waals surface area contributed by atoms with Gasteiger partial charge in [0, 0.05) is 14.4 Å². The van der Waals surface area contributed by atoms with Gasteiger partial charge in [0.05, 0.1) is 6.04 Å². The first-order valence-electron chi connectivity index (χ1n) is 5.29. The van der Waals surface area contributed by atoms with Crippen LogP contribution in [-0.4, -0.2) is 7.05 Å². The molecule has 1 aromatic heterocycles. The molecule has 1 heterocycles. The van der Waals surface area contributed by atoms with E-state index in [-0.39, 0.29) is 6.04 Å². The van der Waals surface area contributed by atoms with Gasteiger partial charge in [0.2, 0.25) is 0 Å². The number of thiophene rings is 1. The Hall–Kier alpha value is -0.350. The SMILES string of the molecule is CNC(c1cc(Cl)cc(Br)c1)c1sccc1C. The van der Waals surface area contributed by atoms with E-state index in [0.29, 0.717) is 0 Å². The molecule has 0 fully saturated rings. The molecule has 0 aliphatic rings. The minimum Gasteiger partial charge on any atom is -0.309 e. The second-order valence-corrected chi connectivity index (χ2v) is 6.19. The topological polar surface area (TPSA) is 12.0 Å². The minimum absolute atomic E-state index is 0.199. The van der Waals surface area contributed by atoms with Crippen LogP contribution >= 0.6 is 38.9 Å². The monoisotopic (exact) mass is 329 g/mol. The molecule has 1 aromatic carbocycles. The molecule has 1 nitrogen and oxygen atoms in total. The standard InChI is InChI=1S/C13H13BrClNS/c1-8-3-4-17-13(8)12(16-2)9-5-10(14)7-11(15)6-9/h3-7,12,16H,1-2H3. The lowest BCUT2D eigenvalue weighted by atomic mass is 10.0. The van der Waals surface area contributed by atoms with Crippen molar-refractivity contribution in [3.63, 3.8) is 0 Å². The molecular weight excluding hydrogens is 318 g/mol. The van der Waals surface area contributed by atoms with Gasteiger partial charge >= 0.3 is 0 Å². The summed E-state index contributed by atoms with van der Waals surface area (Å²) in [6.45, 7) is 2.13. The highest BCUT2D eigenvalue weighted by Crippen LogP contribution is 2.32. The van der Waals surface area contributed by atoms with Gasteiger partial charge in [0.15, 0.2) is 0 Å². The zero-order valence-corrected chi connectivity index (χ0v) is 12.8. The maximum Gasteiger partial charge on any atom is 0.0672 e. The summed E-state index contributed by atoms with van der Waals surface area (Å²) >= 11 is 11.3. The molecule has 1 unspecified atom stereocenters. The zero-order valence-electron chi connectivity index (χ0n) is 9.63. The molecule has 0 aliphatic carbocycles. The van der Waals surface area contributed by atoms with E-state index in [9.17, 15) is 0 Å². The van der Waals surface area contributed by atoms with Crippen molar-refractivity contribution >= 4 is 38.9 Å². The van der Waals surface area contributed by atoms with E-state index in [1.165, 1.54) is 16.0 Å². The summed E-state index contributed by atoms with van der Waals surface area (Å²) in [7, 11) is 1.97. The van der Waals surface area contributed by atoms with E-state index in [1.807, 2.05) is 19.2 Å². The summed E-state index contributed by atoms with van der Waals surface area (Å²) in [5.41, 5.74) is 2.49. The van der Waals surface area contributed by atoms with Crippen LogP contribution in [0.15, 0.2) is 34.1 Å². The Bertz CT molecular complexity index is 504. The van der Waals surface area contributed by atoms with Crippen LogP contribution in [0.3, 0.4) is 0 Å². The van der Waals surface area contributed by atoms with E-state index in [4.69, 9.17) is 11.6 Å². The van der Waals surface area contributed by atoms with Crippen LogP contribution in [0.5, 0.6) is 0 Å². The first kappa shape index (κ1) is 13.1. The van der Waals surface area contributed by atoms with Crippen LogP contribution in [0.25, 0.3) is 0 Å². The van der Waals surface area contributed by atoms with Crippen molar-refractivity contribution in [3.05, 3.63) is 55.1 Å². The Labute approximate surface area is 119 Å². The molecule has 17 heavy (non-hydrogen) atoms. The number of halogens is 2. The summed E-state index contributed by atoms with van der Waals surface area (Å²) in [6, 6.07) is 8.35. The van der Waals surface area contributed by atoms with E-state index >= 15 is 0 Å². The van der Waals surface area contributed by atoms with Crippen molar-refractivity contribution < 1.29 is 0 Å². The third-order valence-electron chi connectivity index (χ3n) is 2.67. The van der Waals surface area contributed by atoms with Gasteiger partial charge in [-0.2, -0.15) is 0 Å². The number of benzene rings is 1. The Morgan fingerprint density at radius 3 is 2.65 bits per heavy atom. The normalized spacial score (nSPS) is 12.7. The number of hydrogen-bond acceptors (Lipinski definition) is 2. The third kappa shape index (κ3) is 2.91. The number of hydrogen-bond donors (Lipinski definition) is 1. The van der Waals surface area contributed by atoms with E-state index in [2.05, 4.69) is 45.7 Å². The Morgan fingerprint density at radius 2 is 2.12 bits per heavy atom. The Kier molecular flexibility index (Phi) is 4.26. The summed E-state index contributed by atoms with van der Waals surface area (Å²) in [5, 5.41) is 6.22. The van der Waals surface area contributed by atoms with Gasteiger partial charge < -0.3 is 5.32 Å². The maximum absolute atomic E-state index is 6.10. The van der Waals surface area contributed by atoms with Crippen molar-refractivity contribution in [2.45, 2.75) is 13.0 Å². The summed E-state index contributed by atoms with van der Waals surface area (Å²) in [5.74, 6) is 0. The molecule has 0 radical (unpaired) electrons. The molecule has 2 aromatic rings. The molecule has 1 atom stereocenters. The first-order valence-corrected chi connectivity index (χ1v) is 7.34. The zero-order chi connectivity index (χ0) is 12.4. The van der Waals surface area contributed by atoms with Gasteiger partial charge in [0.1, 0.15) is 0 Å². The van der Waals surface area contributed by atoms with Crippen molar-refractivity contribution in [2.75, 3.05) is 7.05 Å². The molecule has 0 bridgehead atoms. The average molecular weight is 331 g/mol. The van der Waals surface area contributed by atoms with E-state index < -0.39 is 0 Å². The molecule has 1 N–H and O–H groups in total. The Balaban J connectivity index is 2.45. The summed E-state index contributed by atoms with van der Waals surface area (Å²) in [4.78, 5) is 1.33. The predicted octanol–water partition coefficient (Wildman–Crippen LogP) is 4.78. The van der Waals surface area contributed by atoms with Gasteiger partial charge in [-0.05, 0) is 54.7 Å². The second-order valence-electron chi connectivity index (χ2n) is 3.89. The van der Waals surface area contributed by atoms with E-state index in [0.717, 1.165) is 9.50 Å². The van der Waals surface area contributed by atoms with Crippen LogP contribution in [0.1, 0.15) is 22.0 Å². The molecular formula is C13H13BrClNS. The number of nitrogens with one attached hydrogen (secondary N) is 1. The molecule has 0 spiro atoms. The lowest BCUT2D eigenvalue weighted by molar-refractivity contribution is 0.700. The van der Waals surface area contributed by atoms with Crippen molar-refractivity contribution in [2.24, 2.45) is 0 Å². The third-order valence-corrected chi connectivity index (χ3v) is 4.43. The van der Waals surface area contributed by atoms with Crippen molar-refractivity contribution in [1.29, 1.82) is 0 Å². The van der Waals surface area contributed by atoms with Gasteiger partial charge in [-0.1, -0.05) is 27.5 Å². The molecule has 0 saturated heterocycles. The molecule has 4 heteroatoms. The van der Waals surface area contributed by atoms with Gasteiger partial charge in [-0.25, -0.2) is 0 Å². The van der Waals surface area contributed by atoms with Gasteiger partial charge in [0.25, 0.3) is 0 Å². The van der Waals surface area contributed by atoms with Crippen LogP contribution in [0, 0.1) is 6.92 Å².